The number of β-lactam (4-membered cyclic amide) rings is 1. The Morgan fingerprint density at radius 3 is 2.59 bits per heavy atom. The lowest BCUT2D eigenvalue weighted by molar-refractivity contribution is -0.175. The van der Waals surface area contributed by atoms with Crippen LogP contribution in [-0.4, -0.2) is 52.8 Å². The lowest BCUT2D eigenvalue weighted by Gasteiger charge is -2.44. The highest BCUT2D eigenvalue weighted by Gasteiger charge is 2.57. The highest BCUT2D eigenvalue weighted by atomic mass is 32.1. The Bertz CT molecular complexity index is 976. The van der Waals surface area contributed by atoms with E-state index in [1.54, 1.807) is 39.8 Å². The first kappa shape index (κ1) is 23.7. The molecule has 0 spiro atoms. The van der Waals surface area contributed by atoms with Gasteiger partial charge in [0.2, 0.25) is 12.7 Å². The molecule has 1 fully saturated rings. The van der Waals surface area contributed by atoms with Gasteiger partial charge in [-0.15, -0.1) is 11.3 Å². The second-order valence-corrected chi connectivity index (χ2v) is 9.96. The summed E-state index contributed by atoms with van der Waals surface area (Å²) < 4.78 is 10.2. The number of carbonyl (C=O) groups is 4. The van der Waals surface area contributed by atoms with Crippen molar-refractivity contribution in [2.45, 2.75) is 52.8 Å². The van der Waals surface area contributed by atoms with Crippen molar-refractivity contribution < 1.29 is 33.8 Å². The monoisotopic (exact) mass is 465 g/mol. The number of nitrogens with one attached hydrogen (secondary N) is 1. The van der Waals surface area contributed by atoms with Crippen LogP contribution in [0.3, 0.4) is 0 Å². The van der Waals surface area contributed by atoms with Crippen molar-refractivity contribution in [3.63, 3.8) is 0 Å². The average Bonchev–Trinajstić information content (AvgIpc) is 3.27. The Morgan fingerprint density at radius 2 is 2.00 bits per heavy atom. The molecule has 1 saturated heterocycles. The van der Waals surface area contributed by atoms with E-state index in [0.717, 1.165) is 9.75 Å². The number of urea groups is 1. The number of fused-ring (bicyclic) bond motifs is 1. The van der Waals surface area contributed by atoms with Gasteiger partial charge in [-0.2, -0.15) is 0 Å². The molecule has 0 radical (unpaired) electrons. The molecule has 2 aliphatic rings. The van der Waals surface area contributed by atoms with Crippen LogP contribution in [0, 0.1) is 11.3 Å². The zero-order valence-electron chi connectivity index (χ0n) is 18.3. The van der Waals surface area contributed by atoms with Crippen LogP contribution in [0.25, 0.3) is 5.57 Å². The Kier molecular flexibility index (Phi) is 6.61. The van der Waals surface area contributed by atoms with Crippen LogP contribution in [0.1, 0.15) is 43.9 Å². The van der Waals surface area contributed by atoms with Crippen LogP contribution in [0.2, 0.25) is 0 Å². The quantitative estimate of drug-likeness (QED) is 0.312. The summed E-state index contributed by atoms with van der Waals surface area (Å²) in [6.45, 7) is 6.23. The summed E-state index contributed by atoms with van der Waals surface area (Å²) >= 11 is 1.35. The van der Waals surface area contributed by atoms with Crippen LogP contribution < -0.4 is 11.1 Å². The smallest absolute Gasteiger partial charge is 0.358 e. The molecule has 174 valence electrons. The number of thiophene rings is 1. The van der Waals surface area contributed by atoms with Crippen molar-refractivity contribution in [2.24, 2.45) is 17.1 Å². The van der Waals surface area contributed by atoms with Crippen molar-refractivity contribution in [1.82, 2.24) is 10.2 Å². The molecule has 3 atom stereocenters. The van der Waals surface area contributed by atoms with Crippen LogP contribution in [0.4, 0.5) is 4.79 Å². The van der Waals surface area contributed by atoms with Crippen molar-refractivity contribution in [3.05, 3.63) is 27.6 Å². The predicted octanol–water partition coefficient (Wildman–Crippen LogP) is 1.33. The number of hydrogen-bond acceptors (Lipinski definition) is 8. The summed E-state index contributed by atoms with van der Waals surface area (Å²) in [7, 11) is 0. The van der Waals surface area contributed by atoms with E-state index in [9.17, 15) is 24.3 Å². The number of aliphatic hydroxyl groups is 1. The zero-order chi connectivity index (χ0) is 23.8. The summed E-state index contributed by atoms with van der Waals surface area (Å²) in [4.78, 5) is 51.3. The summed E-state index contributed by atoms with van der Waals surface area (Å²) in [6.07, 6.45) is -0.483. The van der Waals surface area contributed by atoms with Crippen molar-refractivity contribution in [3.8, 4) is 0 Å². The van der Waals surface area contributed by atoms with E-state index in [1.165, 1.54) is 16.2 Å². The molecule has 0 unspecified atom stereocenters. The number of nitrogens with two attached hydrogens (primary N) is 1. The fraction of sp³-hybridized carbons (Fsp3) is 0.524. The minimum absolute atomic E-state index is 0.0833. The molecule has 1 aromatic heterocycles. The van der Waals surface area contributed by atoms with Crippen LogP contribution >= 0.6 is 11.3 Å². The first-order valence-corrected chi connectivity index (χ1v) is 10.9. The molecule has 4 N–H and O–H groups in total. The maximum atomic E-state index is 12.9. The van der Waals surface area contributed by atoms with Gasteiger partial charge in [-0.25, -0.2) is 9.59 Å². The number of esters is 2. The molecule has 3 amide bonds. The minimum Gasteiger partial charge on any atom is -0.427 e. The number of aliphatic hydroxyl groups excluding tert-OH is 1. The molecule has 0 aromatic carbocycles. The minimum atomic E-state index is -0.855. The third-order valence-corrected chi connectivity index (χ3v) is 6.46. The van der Waals surface area contributed by atoms with E-state index < -0.39 is 42.2 Å². The van der Waals surface area contributed by atoms with E-state index in [2.05, 4.69) is 5.32 Å². The van der Waals surface area contributed by atoms with Crippen molar-refractivity contribution in [2.75, 3.05) is 6.79 Å². The molecule has 2 aliphatic heterocycles. The van der Waals surface area contributed by atoms with Gasteiger partial charge in [0.25, 0.3) is 0 Å². The molecular weight excluding hydrogens is 438 g/mol. The standard InChI is InChI=1S/C21H27N3O7S/c1-10(25)15-13-7-12(14-6-5-11(32-14)8-23-20(22)29)16(24(13)17(15)26)18(27)30-9-31-19(28)21(2,3)4/h5-6,10,13,15,25H,7-9H2,1-4H3,(H3,22,23,29)/t10-,13-,15-/m1/s1. The van der Waals surface area contributed by atoms with E-state index in [0.29, 0.717) is 12.0 Å². The SMILES string of the molecule is C[C@@H](O)[C@H]1C(=O)N2C(C(=O)OCOC(=O)C(C)(C)C)=C(c3ccc(CNC(N)=O)s3)C[C@H]12. The van der Waals surface area contributed by atoms with Crippen molar-refractivity contribution >= 4 is 40.8 Å². The lowest BCUT2D eigenvalue weighted by Crippen LogP contribution is -2.61. The van der Waals surface area contributed by atoms with Gasteiger partial charge >= 0.3 is 18.0 Å². The number of nitrogens with zero attached hydrogens (tertiary/aromatic N) is 1. The highest BCUT2D eigenvalue weighted by molar-refractivity contribution is 7.13. The molecule has 0 bridgehead atoms. The van der Waals surface area contributed by atoms with E-state index >= 15 is 0 Å². The molecule has 32 heavy (non-hydrogen) atoms. The first-order valence-electron chi connectivity index (χ1n) is 10.1. The largest absolute Gasteiger partial charge is 0.427 e. The fourth-order valence-electron chi connectivity index (χ4n) is 3.71. The van der Waals surface area contributed by atoms with Gasteiger partial charge in [0, 0.05) is 15.3 Å². The van der Waals surface area contributed by atoms with E-state index in [-0.39, 0.29) is 24.2 Å². The fourth-order valence-corrected chi connectivity index (χ4v) is 4.71. The van der Waals surface area contributed by atoms with Gasteiger partial charge in [-0.05, 0) is 46.2 Å². The second-order valence-electron chi connectivity index (χ2n) is 8.79. The molecule has 3 heterocycles. The van der Waals surface area contributed by atoms with Gasteiger partial charge in [-0.3, -0.25) is 9.59 Å². The van der Waals surface area contributed by atoms with E-state index in [4.69, 9.17) is 15.2 Å². The molecule has 10 nitrogen and oxygen atoms in total. The first-order chi connectivity index (χ1) is 14.9. The maximum absolute atomic E-state index is 12.9. The lowest BCUT2D eigenvalue weighted by atomic mass is 9.83. The molecule has 3 rings (SSSR count). The molecular formula is C21H27N3O7S. The summed E-state index contributed by atoms with van der Waals surface area (Å²) in [6, 6.07) is 2.58. The maximum Gasteiger partial charge on any atom is 0.358 e. The topological polar surface area (TPSA) is 148 Å². The Hall–Kier alpha value is -2.92. The Labute approximate surface area is 189 Å². The predicted molar refractivity (Wildman–Crippen MR) is 115 cm³/mol. The van der Waals surface area contributed by atoms with Gasteiger partial charge in [0.05, 0.1) is 30.0 Å². The Morgan fingerprint density at radius 1 is 1.31 bits per heavy atom. The number of rotatable bonds is 7. The second kappa shape index (κ2) is 8.91. The van der Waals surface area contributed by atoms with E-state index in [1.807, 2.05) is 0 Å². The molecule has 0 aliphatic carbocycles. The zero-order valence-corrected chi connectivity index (χ0v) is 19.2. The number of amides is 3. The van der Waals surface area contributed by atoms with Gasteiger partial charge in [-0.1, -0.05) is 0 Å². The normalized spacial score (nSPS) is 21.0. The number of hydrogen-bond donors (Lipinski definition) is 3. The number of carbonyl (C=O) groups excluding carboxylic acids is 4. The third-order valence-electron chi connectivity index (χ3n) is 5.31. The van der Waals surface area contributed by atoms with Gasteiger partial charge in [0.15, 0.2) is 0 Å². The van der Waals surface area contributed by atoms with Crippen LogP contribution in [0.15, 0.2) is 17.8 Å². The molecule has 1 aromatic rings. The van der Waals surface area contributed by atoms with Crippen molar-refractivity contribution in [1.29, 1.82) is 0 Å². The summed E-state index contributed by atoms with van der Waals surface area (Å²) in [5.41, 5.74) is 5.05. The Balaban J connectivity index is 1.82. The van der Waals surface area contributed by atoms with Crippen LogP contribution in [0.5, 0.6) is 0 Å². The number of ether oxygens (including phenoxy) is 2. The average molecular weight is 466 g/mol. The number of primary amides is 1. The third kappa shape index (κ3) is 4.63. The van der Waals surface area contributed by atoms with Gasteiger partial charge in [0.1, 0.15) is 5.70 Å². The summed E-state index contributed by atoms with van der Waals surface area (Å²) in [5, 5.41) is 12.5. The molecule has 0 saturated carbocycles. The van der Waals surface area contributed by atoms with Crippen LogP contribution in [-0.2, 0) is 30.4 Å². The summed E-state index contributed by atoms with van der Waals surface area (Å²) in [5.74, 6) is -2.27. The molecule has 11 heteroatoms. The van der Waals surface area contributed by atoms with Gasteiger partial charge < -0.3 is 30.5 Å². The highest BCUT2D eigenvalue weighted by Crippen LogP contribution is 2.48.